The van der Waals surface area contributed by atoms with Crippen LogP contribution in [0.5, 0.6) is 0 Å². The molecule has 31 heavy (non-hydrogen) atoms. The van der Waals surface area contributed by atoms with Crippen molar-refractivity contribution in [3.05, 3.63) is 65.5 Å². The highest BCUT2D eigenvalue weighted by Gasteiger charge is 2.63. The highest BCUT2D eigenvalue weighted by Crippen LogP contribution is 2.50. The summed E-state index contributed by atoms with van der Waals surface area (Å²) in [6, 6.07) is 13.5. The molecule has 2 atom stereocenters. The quantitative estimate of drug-likeness (QED) is 0.664. The van der Waals surface area contributed by atoms with Gasteiger partial charge in [-0.15, -0.1) is 0 Å². The van der Waals surface area contributed by atoms with Gasteiger partial charge in [0.25, 0.3) is 0 Å². The van der Waals surface area contributed by atoms with Crippen LogP contribution in [0.2, 0.25) is 0 Å². The highest BCUT2D eigenvalue weighted by atomic mass is 19.1. The Bertz CT molecular complexity index is 1060. The third-order valence-electron chi connectivity index (χ3n) is 7.21. The van der Waals surface area contributed by atoms with E-state index < -0.39 is 29.3 Å². The van der Waals surface area contributed by atoms with Gasteiger partial charge in [-0.3, -0.25) is 19.4 Å². The van der Waals surface area contributed by atoms with E-state index in [1.165, 1.54) is 26.2 Å². The predicted molar refractivity (Wildman–Crippen MR) is 113 cm³/mol. The van der Waals surface area contributed by atoms with Crippen LogP contribution in [0.1, 0.15) is 29.9 Å². The second-order valence-corrected chi connectivity index (χ2v) is 8.77. The zero-order valence-corrected chi connectivity index (χ0v) is 17.5. The number of barbiturate groups is 1. The smallest absolute Gasteiger partial charge is 0.332 e. The normalized spacial score (nSPS) is 25.0. The summed E-state index contributed by atoms with van der Waals surface area (Å²) in [5.74, 6) is -1.12. The van der Waals surface area contributed by atoms with Gasteiger partial charge in [0.2, 0.25) is 11.8 Å². The summed E-state index contributed by atoms with van der Waals surface area (Å²) in [5, 5.41) is 0. The van der Waals surface area contributed by atoms with E-state index in [1.54, 1.807) is 6.07 Å². The van der Waals surface area contributed by atoms with Crippen molar-refractivity contribution in [3.8, 4) is 0 Å². The molecule has 2 fully saturated rings. The molecule has 2 aromatic carbocycles. The van der Waals surface area contributed by atoms with Crippen molar-refractivity contribution in [2.75, 3.05) is 25.5 Å². The Hall–Kier alpha value is -3.22. The molecule has 0 aliphatic carbocycles. The summed E-state index contributed by atoms with van der Waals surface area (Å²) < 4.78 is 14.1. The third kappa shape index (κ3) is 2.72. The van der Waals surface area contributed by atoms with Crippen molar-refractivity contribution < 1.29 is 18.8 Å². The molecular formula is C24H24FN3O3. The molecular weight excluding hydrogens is 397 g/mol. The number of fused-ring (bicyclic) bond motifs is 4. The van der Waals surface area contributed by atoms with E-state index >= 15 is 0 Å². The molecule has 5 rings (SSSR count). The summed E-state index contributed by atoms with van der Waals surface area (Å²) >= 11 is 0. The minimum atomic E-state index is -1.41. The van der Waals surface area contributed by atoms with E-state index in [0.717, 1.165) is 33.0 Å². The topological polar surface area (TPSA) is 60.9 Å². The Labute approximate surface area is 180 Å². The highest BCUT2D eigenvalue weighted by molar-refractivity contribution is 6.20. The maximum Gasteiger partial charge on any atom is 0.332 e. The molecule has 6 nitrogen and oxygen atoms in total. The van der Waals surface area contributed by atoms with Gasteiger partial charge >= 0.3 is 6.03 Å². The molecule has 3 aliphatic heterocycles. The van der Waals surface area contributed by atoms with Gasteiger partial charge in [0.1, 0.15) is 5.82 Å². The monoisotopic (exact) mass is 421 g/mol. The zero-order chi connectivity index (χ0) is 21.9. The lowest BCUT2D eigenvalue weighted by Gasteiger charge is -2.55. The lowest BCUT2D eigenvalue weighted by molar-refractivity contribution is -0.159. The van der Waals surface area contributed by atoms with Crippen LogP contribution in [-0.2, 0) is 16.0 Å². The van der Waals surface area contributed by atoms with Crippen molar-refractivity contribution in [1.82, 2.24) is 9.80 Å². The number of urea groups is 1. The first-order chi connectivity index (χ1) is 14.8. The number of amides is 4. The van der Waals surface area contributed by atoms with Gasteiger partial charge in [0.05, 0.1) is 6.04 Å². The number of benzene rings is 2. The van der Waals surface area contributed by atoms with Crippen molar-refractivity contribution in [2.24, 2.45) is 5.41 Å². The first kappa shape index (κ1) is 19.7. The number of nitrogens with zero attached hydrogens (tertiary/aromatic N) is 3. The molecule has 4 amide bonds. The van der Waals surface area contributed by atoms with Crippen molar-refractivity contribution in [2.45, 2.75) is 31.2 Å². The minimum absolute atomic E-state index is 0.158. The average molecular weight is 421 g/mol. The van der Waals surface area contributed by atoms with E-state index in [1.807, 2.05) is 23.1 Å². The Morgan fingerprint density at radius 3 is 2.32 bits per heavy atom. The molecule has 160 valence electrons. The number of anilines is 1. The van der Waals surface area contributed by atoms with Crippen LogP contribution in [0.25, 0.3) is 0 Å². The van der Waals surface area contributed by atoms with Gasteiger partial charge in [-0.2, -0.15) is 0 Å². The number of hydrogen-bond donors (Lipinski definition) is 0. The summed E-state index contributed by atoms with van der Waals surface area (Å²) in [7, 11) is 2.86. The average Bonchev–Trinajstić information content (AvgIpc) is 2.80. The van der Waals surface area contributed by atoms with Crippen LogP contribution in [0.15, 0.2) is 48.5 Å². The third-order valence-corrected chi connectivity index (χ3v) is 7.21. The minimum Gasteiger partial charge on any atom is -0.367 e. The van der Waals surface area contributed by atoms with Gasteiger partial charge in [0, 0.05) is 26.3 Å². The molecule has 0 radical (unpaired) electrons. The zero-order valence-electron chi connectivity index (χ0n) is 17.5. The lowest BCUT2D eigenvalue weighted by Crippen LogP contribution is -2.72. The summed E-state index contributed by atoms with van der Waals surface area (Å²) in [6.45, 7) is 0.602. The molecule has 0 N–H and O–H groups in total. The molecule has 0 aromatic heterocycles. The molecule has 3 aliphatic rings. The summed E-state index contributed by atoms with van der Waals surface area (Å²) in [6.07, 6.45) is 1.57. The number of piperidine rings is 1. The molecule has 0 unspecified atom stereocenters. The van der Waals surface area contributed by atoms with Gasteiger partial charge in [-0.25, -0.2) is 9.18 Å². The second kappa shape index (κ2) is 6.90. The number of imide groups is 2. The van der Waals surface area contributed by atoms with Crippen LogP contribution >= 0.6 is 0 Å². The van der Waals surface area contributed by atoms with Crippen LogP contribution in [-0.4, -0.2) is 54.3 Å². The summed E-state index contributed by atoms with van der Waals surface area (Å²) in [4.78, 5) is 43.8. The van der Waals surface area contributed by atoms with Gasteiger partial charge in [0.15, 0.2) is 5.41 Å². The fraction of sp³-hybridized carbons (Fsp3) is 0.375. The maximum atomic E-state index is 14.1. The number of carbonyl (C=O) groups is 3. The lowest BCUT2D eigenvalue weighted by atomic mass is 9.64. The van der Waals surface area contributed by atoms with Gasteiger partial charge < -0.3 is 4.90 Å². The van der Waals surface area contributed by atoms with Crippen molar-refractivity contribution >= 4 is 23.5 Å². The number of carbonyl (C=O) groups excluding carboxylic acids is 3. The van der Waals surface area contributed by atoms with Crippen molar-refractivity contribution in [1.29, 1.82) is 0 Å². The fourth-order valence-corrected chi connectivity index (χ4v) is 5.65. The van der Waals surface area contributed by atoms with E-state index in [4.69, 9.17) is 0 Å². The van der Waals surface area contributed by atoms with E-state index in [-0.39, 0.29) is 18.2 Å². The molecule has 3 heterocycles. The molecule has 0 saturated carbocycles. The van der Waals surface area contributed by atoms with Crippen LogP contribution in [0.3, 0.4) is 0 Å². The first-order valence-electron chi connectivity index (χ1n) is 10.5. The Balaban J connectivity index is 1.66. The van der Waals surface area contributed by atoms with Gasteiger partial charge in [-0.05, 0) is 48.4 Å². The fourth-order valence-electron chi connectivity index (χ4n) is 5.65. The van der Waals surface area contributed by atoms with Crippen LogP contribution < -0.4 is 4.90 Å². The second-order valence-electron chi connectivity index (χ2n) is 8.77. The number of halogens is 1. The first-order valence-corrected chi connectivity index (χ1v) is 10.5. The number of hydrogen-bond acceptors (Lipinski definition) is 4. The van der Waals surface area contributed by atoms with Crippen LogP contribution in [0.4, 0.5) is 14.9 Å². The van der Waals surface area contributed by atoms with Crippen molar-refractivity contribution in [3.63, 3.8) is 0 Å². The Morgan fingerprint density at radius 1 is 0.968 bits per heavy atom. The Kier molecular flexibility index (Phi) is 4.39. The number of rotatable bonds is 1. The summed E-state index contributed by atoms with van der Waals surface area (Å²) in [5.41, 5.74) is 1.25. The van der Waals surface area contributed by atoms with E-state index in [9.17, 15) is 18.8 Å². The van der Waals surface area contributed by atoms with E-state index in [0.29, 0.717) is 13.0 Å². The molecule has 1 spiro atoms. The SMILES string of the molecule is CN1C(=O)N(C)C(=O)C2(Cc3ccc(F)cc3N3CC[C@H](c4ccccc4)C[C@H]32)C1=O. The predicted octanol–water partition coefficient (Wildman–Crippen LogP) is 3.17. The molecule has 2 aromatic rings. The standard InChI is InChI=1S/C24H24FN3O3/c1-26-21(29)24(22(30)27(2)23(26)31)14-17-8-9-18(25)13-19(17)28-11-10-16(12-20(24)28)15-6-4-3-5-7-15/h3-9,13,16,20H,10-12,14H2,1-2H3/t16-,20-/m0/s1. The maximum absolute atomic E-state index is 14.1. The molecule has 2 saturated heterocycles. The Morgan fingerprint density at radius 2 is 1.65 bits per heavy atom. The van der Waals surface area contributed by atoms with Crippen LogP contribution in [0, 0.1) is 11.2 Å². The largest absolute Gasteiger partial charge is 0.367 e. The molecule has 7 heteroatoms. The molecule has 0 bridgehead atoms. The van der Waals surface area contributed by atoms with Gasteiger partial charge in [-0.1, -0.05) is 36.4 Å². The van der Waals surface area contributed by atoms with E-state index in [2.05, 4.69) is 12.1 Å².